The lowest BCUT2D eigenvalue weighted by atomic mass is 9.93. The molecule has 0 saturated carbocycles. The number of rotatable bonds is 3. The second-order valence-electron chi connectivity index (χ2n) is 4.82. The first-order chi connectivity index (χ1) is 9.45. The van der Waals surface area contributed by atoms with Gasteiger partial charge < -0.3 is 5.32 Å². The van der Waals surface area contributed by atoms with Crippen LogP contribution in [-0.2, 0) is 0 Å². The summed E-state index contributed by atoms with van der Waals surface area (Å²) in [6, 6.07) is 7.54. The fraction of sp³-hybridized carbons (Fsp3) is 0.250. The van der Waals surface area contributed by atoms with Crippen molar-refractivity contribution in [1.29, 1.82) is 0 Å². The molecule has 0 aromatic heterocycles. The molecule has 1 unspecified atom stereocenters. The Morgan fingerprint density at radius 3 is 2.40 bits per heavy atom. The molecule has 0 amide bonds. The summed E-state index contributed by atoms with van der Waals surface area (Å²) >= 11 is 6.08. The molecule has 0 aliphatic heterocycles. The van der Waals surface area contributed by atoms with Crippen molar-refractivity contribution in [2.45, 2.75) is 19.9 Å². The summed E-state index contributed by atoms with van der Waals surface area (Å²) in [5.74, 6) is -1.66. The van der Waals surface area contributed by atoms with Crippen molar-refractivity contribution in [3.63, 3.8) is 0 Å². The number of aryl methyl sites for hydroxylation is 2. The van der Waals surface area contributed by atoms with E-state index in [1.807, 2.05) is 26.0 Å². The van der Waals surface area contributed by atoms with E-state index in [1.54, 1.807) is 13.1 Å². The van der Waals surface area contributed by atoms with Gasteiger partial charge in [-0.1, -0.05) is 29.8 Å². The van der Waals surface area contributed by atoms with E-state index >= 15 is 0 Å². The van der Waals surface area contributed by atoms with Crippen LogP contribution in [0.15, 0.2) is 30.3 Å². The van der Waals surface area contributed by atoms with Gasteiger partial charge in [0.05, 0.1) is 6.04 Å². The smallest absolute Gasteiger partial charge is 0.163 e. The SMILES string of the molecule is CNC(c1cc(C)c(Cl)cc1C)c1cccc(F)c1F. The Morgan fingerprint density at radius 2 is 1.75 bits per heavy atom. The minimum Gasteiger partial charge on any atom is -0.309 e. The van der Waals surface area contributed by atoms with Gasteiger partial charge in [0.2, 0.25) is 0 Å². The van der Waals surface area contributed by atoms with Crippen LogP contribution in [0, 0.1) is 25.5 Å². The zero-order valence-electron chi connectivity index (χ0n) is 11.6. The molecule has 0 fully saturated rings. The average molecular weight is 296 g/mol. The first-order valence-electron chi connectivity index (χ1n) is 6.33. The highest BCUT2D eigenvalue weighted by Crippen LogP contribution is 2.30. The molecule has 4 heteroatoms. The molecule has 0 radical (unpaired) electrons. The van der Waals surface area contributed by atoms with Crippen molar-refractivity contribution in [1.82, 2.24) is 5.32 Å². The topological polar surface area (TPSA) is 12.0 Å². The quantitative estimate of drug-likeness (QED) is 0.876. The highest BCUT2D eigenvalue weighted by Gasteiger charge is 2.20. The third-order valence-electron chi connectivity index (χ3n) is 3.44. The maximum atomic E-state index is 14.0. The van der Waals surface area contributed by atoms with Crippen LogP contribution in [0.2, 0.25) is 5.02 Å². The largest absolute Gasteiger partial charge is 0.309 e. The molecule has 0 saturated heterocycles. The summed E-state index contributed by atoms with van der Waals surface area (Å²) in [7, 11) is 1.72. The molecule has 2 aromatic rings. The van der Waals surface area contributed by atoms with Gasteiger partial charge in [0.25, 0.3) is 0 Å². The van der Waals surface area contributed by atoms with Crippen molar-refractivity contribution < 1.29 is 8.78 Å². The minimum absolute atomic E-state index is 0.289. The molecule has 0 aliphatic carbocycles. The second-order valence-corrected chi connectivity index (χ2v) is 5.23. The fourth-order valence-electron chi connectivity index (χ4n) is 2.34. The second kappa shape index (κ2) is 5.90. The molecule has 0 spiro atoms. The zero-order valence-corrected chi connectivity index (χ0v) is 12.4. The van der Waals surface area contributed by atoms with Crippen LogP contribution in [0.1, 0.15) is 28.3 Å². The van der Waals surface area contributed by atoms with E-state index in [0.29, 0.717) is 5.02 Å². The van der Waals surface area contributed by atoms with Gasteiger partial charge in [-0.2, -0.15) is 0 Å². The van der Waals surface area contributed by atoms with E-state index in [1.165, 1.54) is 6.07 Å². The van der Waals surface area contributed by atoms with Gasteiger partial charge in [0, 0.05) is 10.6 Å². The molecular weight excluding hydrogens is 280 g/mol. The Kier molecular flexibility index (Phi) is 4.41. The first kappa shape index (κ1) is 14.9. The van der Waals surface area contributed by atoms with E-state index in [4.69, 9.17) is 11.6 Å². The number of nitrogens with one attached hydrogen (secondary N) is 1. The minimum atomic E-state index is -0.842. The zero-order chi connectivity index (χ0) is 14.9. The number of hydrogen-bond donors (Lipinski definition) is 1. The average Bonchev–Trinajstić information content (AvgIpc) is 2.41. The van der Waals surface area contributed by atoms with Crippen LogP contribution in [0.3, 0.4) is 0 Å². The van der Waals surface area contributed by atoms with Crippen molar-refractivity contribution in [2.75, 3.05) is 7.05 Å². The van der Waals surface area contributed by atoms with Crippen LogP contribution in [0.5, 0.6) is 0 Å². The van der Waals surface area contributed by atoms with E-state index < -0.39 is 17.7 Å². The lowest BCUT2D eigenvalue weighted by Gasteiger charge is -2.21. The molecule has 2 aromatic carbocycles. The van der Waals surface area contributed by atoms with Gasteiger partial charge in [0.15, 0.2) is 11.6 Å². The Hall–Kier alpha value is -1.45. The van der Waals surface area contributed by atoms with E-state index in [9.17, 15) is 8.78 Å². The lowest BCUT2D eigenvalue weighted by molar-refractivity contribution is 0.487. The van der Waals surface area contributed by atoms with Gasteiger partial charge >= 0.3 is 0 Å². The Balaban J connectivity index is 2.58. The standard InChI is InChI=1S/C16H16ClF2N/c1-9-8-13(17)10(2)7-12(9)16(20-3)11-5-4-6-14(18)15(11)19/h4-8,16,20H,1-3H3. The summed E-state index contributed by atoms with van der Waals surface area (Å²) < 4.78 is 27.4. The van der Waals surface area contributed by atoms with Gasteiger partial charge in [-0.15, -0.1) is 0 Å². The van der Waals surface area contributed by atoms with Crippen LogP contribution >= 0.6 is 11.6 Å². The van der Waals surface area contributed by atoms with Crippen molar-refractivity contribution in [3.05, 3.63) is 69.2 Å². The Morgan fingerprint density at radius 1 is 1.05 bits per heavy atom. The van der Waals surface area contributed by atoms with Crippen LogP contribution in [0.4, 0.5) is 8.78 Å². The molecule has 0 aliphatic rings. The first-order valence-corrected chi connectivity index (χ1v) is 6.71. The molecule has 1 atom stereocenters. The molecule has 1 N–H and O–H groups in total. The predicted molar refractivity (Wildman–Crippen MR) is 78.2 cm³/mol. The summed E-state index contributed by atoms with van der Waals surface area (Å²) in [5.41, 5.74) is 3.02. The summed E-state index contributed by atoms with van der Waals surface area (Å²) in [5, 5.41) is 3.71. The van der Waals surface area contributed by atoms with E-state index in [-0.39, 0.29) is 5.56 Å². The van der Waals surface area contributed by atoms with Crippen molar-refractivity contribution in [3.8, 4) is 0 Å². The summed E-state index contributed by atoms with van der Waals surface area (Å²) in [6.45, 7) is 3.79. The lowest BCUT2D eigenvalue weighted by Crippen LogP contribution is -2.20. The van der Waals surface area contributed by atoms with Crippen LogP contribution in [0.25, 0.3) is 0 Å². The third-order valence-corrected chi connectivity index (χ3v) is 3.85. The number of halogens is 3. The molecule has 2 rings (SSSR count). The van der Waals surface area contributed by atoms with Crippen LogP contribution < -0.4 is 5.32 Å². The molecule has 20 heavy (non-hydrogen) atoms. The Labute approximate surface area is 122 Å². The summed E-state index contributed by atoms with van der Waals surface area (Å²) in [6.07, 6.45) is 0. The highest BCUT2D eigenvalue weighted by atomic mass is 35.5. The fourth-order valence-corrected chi connectivity index (χ4v) is 2.55. The van der Waals surface area contributed by atoms with Crippen molar-refractivity contribution in [2.24, 2.45) is 0 Å². The molecule has 1 nitrogen and oxygen atoms in total. The molecule has 106 valence electrons. The maximum Gasteiger partial charge on any atom is 0.163 e. The predicted octanol–water partition coefficient (Wildman–Crippen LogP) is 4.54. The van der Waals surface area contributed by atoms with Gasteiger partial charge in [-0.3, -0.25) is 0 Å². The maximum absolute atomic E-state index is 14.0. The van der Waals surface area contributed by atoms with Gasteiger partial charge in [-0.05, 0) is 49.7 Å². The van der Waals surface area contributed by atoms with Crippen molar-refractivity contribution >= 4 is 11.6 Å². The van der Waals surface area contributed by atoms with E-state index in [2.05, 4.69) is 5.32 Å². The van der Waals surface area contributed by atoms with Gasteiger partial charge in [0.1, 0.15) is 0 Å². The normalized spacial score (nSPS) is 12.5. The third kappa shape index (κ3) is 2.69. The Bertz CT molecular complexity index is 641. The molecule has 0 heterocycles. The molecule has 0 bridgehead atoms. The highest BCUT2D eigenvalue weighted by molar-refractivity contribution is 6.31. The van der Waals surface area contributed by atoms with E-state index in [0.717, 1.165) is 22.8 Å². The van der Waals surface area contributed by atoms with Gasteiger partial charge in [-0.25, -0.2) is 8.78 Å². The summed E-state index contributed by atoms with van der Waals surface area (Å²) in [4.78, 5) is 0. The molecular formula is C16H16ClF2N. The van der Waals surface area contributed by atoms with Crippen LogP contribution in [-0.4, -0.2) is 7.05 Å². The number of hydrogen-bond acceptors (Lipinski definition) is 1. The monoisotopic (exact) mass is 295 g/mol. The number of benzene rings is 2.